The van der Waals surface area contributed by atoms with Crippen molar-refractivity contribution in [1.82, 2.24) is 0 Å². The quantitative estimate of drug-likeness (QED) is 0.107. The lowest BCUT2D eigenvalue weighted by Gasteiger charge is -1.99. The summed E-state index contributed by atoms with van der Waals surface area (Å²) in [5.74, 6) is 1.66. The van der Waals surface area contributed by atoms with Crippen LogP contribution in [0.25, 0.3) is 0 Å². The SMILES string of the molecule is Cc1cccc(C)c1O.Cc1cccc(C)c1O.Cc1cccc(C)c1O.Cc1cccc(C)c1O.O=P(O)(O)O. The summed E-state index contributed by atoms with van der Waals surface area (Å²) in [7, 11) is -4.64. The van der Waals surface area contributed by atoms with Crippen LogP contribution in [0, 0.1) is 55.4 Å². The molecule has 41 heavy (non-hydrogen) atoms. The highest BCUT2D eigenvalue weighted by Gasteiger charge is 2.00. The van der Waals surface area contributed by atoms with Gasteiger partial charge in [-0.05, 0) is 99.9 Å². The minimum atomic E-state index is -4.64. The number of benzene rings is 4. The lowest BCUT2D eigenvalue weighted by molar-refractivity contribution is 0.275. The summed E-state index contributed by atoms with van der Waals surface area (Å²) in [5.41, 5.74) is 7.52. The van der Waals surface area contributed by atoms with Gasteiger partial charge in [0.25, 0.3) is 0 Å². The molecule has 0 aliphatic rings. The summed E-state index contributed by atoms with van der Waals surface area (Å²) in [6.45, 7) is 15.1. The zero-order valence-electron chi connectivity index (χ0n) is 24.9. The smallest absolute Gasteiger partial charge is 0.466 e. The van der Waals surface area contributed by atoms with Crippen LogP contribution in [0.5, 0.6) is 23.0 Å². The van der Waals surface area contributed by atoms with Gasteiger partial charge in [0.15, 0.2) is 0 Å². The van der Waals surface area contributed by atoms with Gasteiger partial charge < -0.3 is 35.1 Å². The highest BCUT2D eigenvalue weighted by Crippen LogP contribution is 2.26. The van der Waals surface area contributed by atoms with Crippen LogP contribution >= 0.6 is 7.82 Å². The second-order valence-electron chi connectivity index (χ2n) is 9.47. The molecule has 9 heteroatoms. The van der Waals surface area contributed by atoms with Crippen molar-refractivity contribution < 1.29 is 39.7 Å². The Bertz CT molecular complexity index is 1140. The van der Waals surface area contributed by atoms with E-state index in [0.717, 1.165) is 44.5 Å². The minimum Gasteiger partial charge on any atom is -0.507 e. The first-order chi connectivity index (χ1) is 18.9. The van der Waals surface area contributed by atoms with E-state index in [0.29, 0.717) is 23.0 Å². The third-order valence-electron chi connectivity index (χ3n) is 5.76. The molecule has 0 fully saturated rings. The van der Waals surface area contributed by atoms with Crippen molar-refractivity contribution in [2.45, 2.75) is 55.4 Å². The van der Waals surface area contributed by atoms with Crippen molar-refractivity contribution in [3.8, 4) is 23.0 Å². The Morgan fingerprint density at radius 1 is 0.366 bits per heavy atom. The molecule has 0 saturated heterocycles. The van der Waals surface area contributed by atoms with Gasteiger partial charge in [-0.15, -0.1) is 0 Å². The van der Waals surface area contributed by atoms with E-state index in [1.54, 1.807) is 0 Å². The first kappa shape index (κ1) is 37.2. The summed E-state index contributed by atoms with van der Waals surface area (Å²) in [6.07, 6.45) is 0. The molecule has 0 saturated carbocycles. The molecule has 224 valence electrons. The van der Waals surface area contributed by atoms with Gasteiger partial charge in [-0.25, -0.2) is 4.57 Å². The minimum absolute atomic E-state index is 0.414. The highest BCUT2D eigenvalue weighted by atomic mass is 31.2. The average molecular weight is 587 g/mol. The van der Waals surface area contributed by atoms with Crippen molar-refractivity contribution in [1.29, 1.82) is 0 Å². The molecule has 0 aliphatic heterocycles. The number of aromatic hydroxyl groups is 4. The van der Waals surface area contributed by atoms with Crippen LogP contribution in [0.3, 0.4) is 0 Å². The molecule has 8 nitrogen and oxygen atoms in total. The summed E-state index contributed by atoms with van der Waals surface area (Å²) < 4.78 is 8.88. The normalized spacial score (nSPS) is 9.83. The Labute approximate surface area is 243 Å². The van der Waals surface area contributed by atoms with Gasteiger partial charge >= 0.3 is 7.82 Å². The molecular weight excluding hydrogens is 543 g/mol. The second-order valence-corrected chi connectivity index (χ2v) is 10.5. The van der Waals surface area contributed by atoms with E-state index in [1.165, 1.54) is 0 Å². The highest BCUT2D eigenvalue weighted by molar-refractivity contribution is 7.45. The van der Waals surface area contributed by atoms with E-state index in [-0.39, 0.29) is 0 Å². The summed E-state index contributed by atoms with van der Waals surface area (Å²) >= 11 is 0. The zero-order chi connectivity index (χ0) is 31.9. The predicted octanol–water partition coefficient (Wildman–Crippen LogP) is 7.11. The molecule has 0 atom stereocenters. The number of hydrogen-bond donors (Lipinski definition) is 7. The fourth-order valence-corrected chi connectivity index (χ4v) is 3.22. The monoisotopic (exact) mass is 586 g/mol. The summed E-state index contributed by atoms with van der Waals surface area (Å²) in [6, 6.07) is 22.9. The number of phosphoric acid groups is 1. The van der Waals surface area contributed by atoms with Crippen LogP contribution in [0.2, 0.25) is 0 Å². The lowest BCUT2D eigenvalue weighted by atomic mass is 10.1. The second kappa shape index (κ2) is 17.8. The third kappa shape index (κ3) is 15.5. The first-order valence-electron chi connectivity index (χ1n) is 12.7. The predicted molar refractivity (Wildman–Crippen MR) is 165 cm³/mol. The van der Waals surface area contributed by atoms with Gasteiger partial charge in [0.2, 0.25) is 0 Å². The molecule has 4 rings (SSSR count). The third-order valence-corrected chi connectivity index (χ3v) is 5.76. The molecule has 0 heterocycles. The molecule has 0 unspecified atom stereocenters. The molecule has 0 aliphatic carbocycles. The first-order valence-corrected chi connectivity index (χ1v) is 14.2. The Hall–Kier alpha value is -3.81. The molecule has 0 bridgehead atoms. The van der Waals surface area contributed by atoms with E-state index in [9.17, 15) is 20.4 Å². The molecule has 0 aromatic heterocycles. The topological polar surface area (TPSA) is 159 Å². The van der Waals surface area contributed by atoms with Crippen LogP contribution < -0.4 is 0 Å². The Kier molecular flexibility index (Phi) is 16.1. The maximum absolute atomic E-state index is 9.21. The zero-order valence-corrected chi connectivity index (χ0v) is 25.8. The molecular formula is C32H43O8P. The van der Waals surface area contributed by atoms with Gasteiger partial charge in [-0.2, -0.15) is 0 Å². The lowest BCUT2D eigenvalue weighted by Crippen LogP contribution is -1.76. The molecule has 4 aromatic rings. The van der Waals surface area contributed by atoms with Crippen LogP contribution in [-0.2, 0) is 4.57 Å². The van der Waals surface area contributed by atoms with Gasteiger partial charge in [-0.3, -0.25) is 0 Å². The number of hydrogen-bond acceptors (Lipinski definition) is 5. The van der Waals surface area contributed by atoms with Gasteiger partial charge in [0.05, 0.1) is 0 Å². The molecule has 0 spiro atoms. The number of rotatable bonds is 0. The fraction of sp³-hybridized carbons (Fsp3) is 0.250. The Balaban J connectivity index is 0.000000494. The maximum atomic E-state index is 9.21. The summed E-state index contributed by atoms with van der Waals surface area (Å²) in [4.78, 5) is 21.6. The fourth-order valence-electron chi connectivity index (χ4n) is 3.22. The standard InChI is InChI=1S/4C8H10O.H3O4P/c4*1-6-4-3-5-7(2)8(6)9;1-5(2,3)4/h4*3-5,9H,1-2H3;(H3,1,2,3,4). The van der Waals surface area contributed by atoms with Crippen LogP contribution in [-0.4, -0.2) is 35.1 Å². The van der Waals surface area contributed by atoms with Crippen molar-refractivity contribution >= 4 is 7.82 Å². The van der Waals surface area contributed by atoms with E-state index >= 15 is 0 Å². The molecule has 0 radical (unpaired) electrons. The largest absolute Gasteiger partial charge is 0.507 e. The van der Waals surface area contributed by atoms with E-state index in [2.05, 4.69) is 0 Å². The van der Waals surface area contributed by atoms with Crippen molar-refractivity contribution in [3.05, 3.63) is 117 Å². The number of phenolic OH excluding ortho intramolecular Hbond substituents is 4. The van der Waals surface area contributed by atoms with Gasteiger partial charge in [0.1, 0.15) is 23.0 Å². The van der Waals surface area contributed by atoms with Crippen LogP contribution in [0.1, 0.15) is 44.5 Å². The maximum Gasteiger partial charge on any atom is 0.466 e. The Morgan fingerprint density at radius 3 is 0.537 bits per heavy atom. The summed E-state index contributed by atoms with van der Waals surface area (Å²) in [5, 5.41) is 36.8. The van der Waals surface area contributed by atoms with Gasteiger partial charge in [-0.1, -0.05) is 72.8 Å². The molecule has 7 N–H and O–H groups in total. The van der Waals surface area contributed by atoms with Crippen LogP contribution in [0.4, 0.5) is 0 Å². The molecule has 4 aromatic carbocycles. The number of aryl methyl sites for hydroxylation is 8. The van der Waals surface area contributed by atoms with E-state index in [4.69, 9.17) is 19.2 Å². The van der Waals surface area contributed by atoms with Crippen molar-refractivity contribution in [3.63, 3.8) is 0 Å². The van der Waals surface area contributed by atoms with Crippen LogP contribution in [0.15, 0.2) is 72.8 Å². The van der Waals surface area contributed by atoms with E-state index in [1.807, 2.05) is 128 Å². The molecule has 0 amide bonds. The number of phenols is 4. The van der Waals surface area contributed by atoms with Crippen molar-refractivity contribution in [2.75, 3.05) is 0 Å². The van der Waals surface area contributed by atoms with Gasteiger partial charge in [0, 0.05) is 0 Å². The van der Waals surface area contributed by atoms with E-state index < -0.39 is 7.82 Å². The number of para-hydroxylation sites is 4. The Morgan fingerprint density at radius 2 is 0.463 bits per heavy atom. The average Bonchev–Trinajstić information content (AvgIpc) is 2.88. The van der Waals surface area contributed by atoms with Crippen molar-refractivity contribution in [2.24, 2.45) is 0 Å².